The minimum absolute atomic E-state index is 0.0313. The summed E-state index contributed by atoms with van der Waals surface area (Å²) in [5.41, 5.74) is -0.345. The van der Waals surface area contributed by atoms with Gasteiger partial charge in [0.25, 0.3) is 0 Å². The molecule has 0 radical (unpaired) electrons. The first-order chi connectivity index (χ1) is 9.74. The van der Waals surface area contributed by atoms with Gasteiger partial charge in [-0.1, -0.05) is 6.92 Å². The molecule has 0 saturated heterocycles. The van der Waals surface area contributed by atoms with E-state index in [1.54, 1.807) is 32.5 Å². The fourth-order valence-electron chi connectivity index (χ4n) is 2.06. The fraction of sp³-hybridized carbons (Fsp3) is 0.692. The average Bonchev–Trinajstić information content (AvgIpc) is 2.72. The number of anilines is 1. The predicted molar refractivity (Wildman–Crippen MR) is 80.2 cm³/mol. The number of nitrogens with one attached hydrogen (secondary N) is 2. The summed E-state index contributed by atoms with van der Waals surface area (Å²) in [4.78, 5) is 22.5. The smallest absolute Gasteiger partial charge is 0.333 e. The third-order valence-corrected chi connectivity index (χ3v) is 3.25. The molecule has 1 heterocycles. The van der Waals surface area contributed by atoms with Gasteiger partial charge in [0.2, 0.25) is 11.7 Å². The molecule has 0 saturated carbocycles. The van der Waals surface area contributed by atoms with Crippen LogP contribution in [-0.2, 0) is 11.3 Å². The molecule has 0 aliphatic heterocycles. The van der Waals surface area contributed by atoms with Gasteiger partial charge in [0.15, 0.2) is 0 Å². The van der Waals surface area contributed by atoms with E-state index in [1.165, 1.54) is 0 Å². The summed E-state index contributed by atoms with van der Waals surface area (Å²) < 4.78 is 1.59. The van der Waals surface area contributed by atoms with Crippen LogP contribution in [0.15, 0.2) is 0 Å². The van der Waals surface area contributed by atoms with Gasteiger partial charge < -0.3 is 10.6 Å². The second-order valence-corrected chi connectivity index (χ2v) is 5.58. The van der Waals surface area contributed by atoms with Crippen LogP contribution in [0.1, 0.15) is 32.9 Å². The lowest BCUT2D eigenvalue weighted by Crippen LogP contribution is -2.39. The lowest BCUT2D eigenvalue weighted by atomic mass is 9.92. The summed E-state index contributed by atoms with van der Waals surface area (Å²) >= 11 is 0. The van der Waals surface area contributed by atoms with Crippen LogP contribution in [0.5, 0.6) is 0 Å². The van der Waals surface area contributed by atoms with Crippen LogP contribution < -0.4 is 10.6 Å². The van der Waals surface area contributed by atoms with E-state index in [4.69, 9.17) is 0 Å². The molecule has 118 valence electrons. The maximum Gasteiger partial charge on any atom is 0.333 e. The summed E-state index contributed by atoms with van der Waals surface area (Å²) in [6, 6.07) is 0. The number of aromatic nitrogens is 2. The highest BCUT2D eigenvalue weighted by molar-refractivity contribution is 5.82. The minimum atomic E-state index is -0.683. The summed E-state index contributed by atoms with van der Waals surface area (Å²) in [5.74, 6) is 0.229. The topological polar surface area (TPSA) is 102 Å². The molecular weight excluding hydrogens is 274 g/mol. The SMILES string of the molecule is CCCn1nc(C)c([N+](=O)[O-])c1NCC(C)(C)C(=O)NC. The Morgan fingerprint density at radius 1 is 1.48 bits per heavy atom. The van der Waals surface area contributed by atoms with Crippen molar-refractivity contribution < 1.29 is 9.72 Å². The van der Waals surface area contributed by atoms with E-state index < -0.39 is 10.3 Å². The first-order valence-electron chi connectivity index (χ1n) is 6.92. The Kier molecular flexibility index (Phi) is 5.28. The van der Waals surface area contributed by atoms with Crippen molar-refractivity contribution in [2.45, 2.75) is 40.7 Å². The van der Waals surface area contributed by atoms with Crippen LogP contribution in [0.3, 0.4) is 0 Å². The molecule has 8 heteroatoms. The Morgan fingerprint density at radius 3 is 2.57 bits per heavy atom. The van der Waals surface area contributed by atoms with Crippen molar-refractivity contribution in [2.75, 3.05) is 18.9 Å². The highest BCUT2D eigenvalue weighted by Crippen LogP contribution is 2.29. The van der Waals surface area contributed by atoms with Crippen molar-refractivity contribution in [2.24, 2.45) is 5.41 Å². The summed E-state index contributed by atoms with van der Waals surface area (Å²) in [6.07, 6.45) is 0.811. The zero-order chi connectivity index (χ0) is 16.2. The Bertz CT molecular complexity index is 536. The lowest BCUT2D eigenvalue weighted by molar-refractivity contribution is -0.384. The second kappa shape index (κ2) is 6.55. The molecule has 0 aliphatic carbocycles. The predicted octanol–water partition coefficient (Wildman–Crippen LogP) is 1.69. The number of hydrogen-bond donors (Lipinski definition) is 2. The molecule has 1 aromatic heterocycles. The molecule has 0 aromatic carbocycles. The number of hydrogen-bond acceptors (Lipinski definition) is 5. The average molecular weight is 297 g/mol. The lowest BCUT2D eigenvalue weighted by Gasteiger charge is -2.23. The van der Waals surface area contributed by atoms with Gasteiger partial charge in [0.05, 0.1) is 10.3 Å². The quantitative estimate of drug-likeness (QED) is 0.589. The largest absolute Gasteiger partial charge is 0.363 e. The van der Waals surface area contributed by atoms with E-state index in [-0.39, 0.29) is 18.1 Å². The van der Waals surface area contributed by atoms with E-state index >= 15 is 0 Å². The maximum atomic E-state index is 11.8. The molecule has 8 nitrogen and oxygen atoms in total. The molecule has 0 fully saturated rings. The first-order valence-corrected chi connectivity index (χ1v) is 6.92. The van der Waals surface area contributed by atoms with Gasteiger partial charge in [0.1, 0.15) is 5.69 Å². The van der Waals surface area contributed by atoms with Gasteiger partial charge in [-0.2, -0.15) is 5.10 Å². The molecule has 0 aliphatic rings. The zero-order valence-corrected chi connectivity index (χ0v) is 13.2. The highest BCUT2D eigenvalue weighted by Gasteiger charge is 2.30. The van der Waals surface area contributed by atoms with Crippen LogP contribution in [0.4, 0.5) is 11.5 Å². The van der Waals surface area contributed by atoms with Crippen molar-refractivity contribution in [1.82, 2.24) is 15.1 Å². The molecule has 1 aromatic rings. The van der Waals surface area contributed by atoms with Gasteiger partial charge in [-0.05, 0) is 27.2 Å². The molecule has 0 bridgehead atoms. The van der Waals surface area contributed by atoms with Crippen LogP contribution in [-0.4, -0.2) is 34.2 Å². The van der Waals surface area contributed by atoms with Crippen molar-refractivity contribution in [3.8, 4) is 0 Å². The number of rotatable bonds is 7. The van der Waals surface area contributed by atoms with E-state index in [9.17, 15) is 14.9 Å². The molecule has 0 atom stereocenters. The Balaban J connectivity index is 3.06. The van der Waals surface area contributed by atoms with E-state index in [2.05, 4.69) is 15.7 Å². The van der Waals surface area contributed by atoms with Crippen molar-refractivity contribution in [3.05, 3.63) is 15.8 Å². The zero-order valence-electron chi connectivity index (χ0n) is 13.2. The number of carbonyl (C=O) groups is 1. The minimum Gasteiger partial charge on any atom is -0.363 e. The van der Waals surface area contributed by atoms with Crippen molar-refractivity contribution in [1.29, 1.82) is 0 Å². The molecule has 2 N–H and O–H groups in total. The second-order valence-electron chi connectivity index (χ2n) is 5.58. The number of nitro groups is 1. The summed E-state index contributed by atoms with van der Waals surface area (Å²) in [6.45, 7) is 8.00. The highest BCUT2D eigenvalue weighted by atomic mass is 16.6. The van der Waals surface area contributed by atoms with Gasteiger partial charge in [-0.15, -0.1) is 0 Å². The fourth-order valence-corrected chi connectivity index (χ4v) is 2.06. The molecule has 1 rings (SSSR count). The molecule has 21 heavy (non-hydrogen) atoms. The van der Waals surface area contributed by atoms with Gasteiger partial charge in [0, 0.05) is 20.1 Å². The van der Waals surface area contributed by atoms with Gasteiger partial charge in [-0.25, -0.2) is 4.68 Å². The van der Waals surface area contributed by atoms with Gasteiger partial charge >= 0.3 is 5.69 Å². The van der Waals surface area contributed by atoms with Crippen LogP contribution in [0.2, 0.25) is 0 Å². The molecular formula is C13H23N5O3. The normalized spacial score (nSPS) is 11.3. The van der Waals surface area contributed by atoms with Crippen molar-refractivity contribution >= 4 is 17.4 Å². The van der Waals surface area contributed by atoms with E-state index in [1.807, 2.05) is 6.92 Å². The maximum absolute atomic E-state index is 11.8. The number of amides is 1. The monoisotopic (exact) mass is 297 g/mol. The number of carbonyl (C=O) groups excluding carboxylic acids is 1. The van der Waals surface area contributed by atoms with Gasteiger partial charge in [-0.3, -0.25) is 14.9 Å². The van der Waals surface area contributed by atoms with Crippen LogP contribution in [0.25, 0.3) is 0 Å². The van der Waals surface area contributed by atoms with Crippen molar-refractivity contribution in [3.63, 3.8) is 0 Å². The number of aryl methyl sites for hydroxylation is 2. The Labute approximate surface area is 124 Å². The molecule has 1 amide bonds. The van der Waals surface area contributed by atoms with E-state index in [0.717, 1.165) is 6.42 Å². The van der Waals surface area contributed by atoms with Crippen LogP contribution >= 0.6 is 0 Å². The molecule has 0 unspecified atom stereocenters. The third kappa shape index (κ3) is 3.71. The third-order valence-electron chi connectivity index (χ3n) is 3.25. The summed E-state index contributed by atoms with van der Waals surface area (Å²) in [5, 5.41) is 21.0. The first kappa shape index (κ1) is 16.9. The summed E-state index contributed by atoms with van der Waals surface area (Å²) in [7, 11) is 1.57. The standard InChI is InChI=1S/C13H23N5O3/c1-6-7-17-11(10(18(20)21)9(2)16-17)15-8-13(3,4)12(19)14-5/h15H,6-8H2,1-5H3,(H,14,19). The Morgan fingerprint density at radius 2 is 2.10 bits per heavy atom. The molecule has 0 spiro atoms. The van der Waals surface area contributed by atoms with Crippen LogP contribution in [0, 0.1) is 22.5 Å². The Hall–Kier alpha value is -2.12. The van der Waals surface area contributed by atoms with E-state index in [0.29, 0.717) is 18.1 Å². The number of nitrogens with zero attached hydrogens (tertiary/aromatic N) is 3.